The number of amides is 1. The van der Waals surface area contributed by atoms with Gasteiger partial charge in [0.05, 0.1) is 11.1 Å². The first kappa shape index (κ1) is 17.2. The number of rotatable bonds is 5. The van der Waals surface area contributed by atoms with Crippen LogP contribution in [-0.2, 0) is 11.2 Å². The van der Waals surface area contributed by atoms with Crippen molar-refractivity contribution in [2.24, 2.45) is 11.3 Å². The minimum Gasteiger partial charge on any atom is -0.444 e. The topological polar surface area (TPSA) is 67.2 Å². The number of carbonyl (C=O) groups excluding carboxylic acids is 1. The first-order valence-electron chi connectivity index (χ1n) is 9.37. The average molecular weight is 357 g/mol. The minimum absolute atomic E-state index is 0.175. The summed E-state index contributed by atoms with van der Waals surface area (Å²) in [7, 11) is 0. The zero-order valence-corrected chi connectivity index (χ0v) is 14.8. The van der Waals surface area contributed by atoms with Crippen molar-refractivity contribution in [3.05, 3.63) is 42.0 Å². The maximum absolute atomic E-state index is 13.0. The Morgan fingerprint density at radius 2 is 2.19 bits per heavy atom. The van der Waals surface area contributed by atoms with Crippen molar-refractivity contribution in [1.82, 2.24) is 15.6 Å². The molecule has 1 aliphatic carbocycles. The van der Waals surface area contributed by atoms with E-state index in [2.05, 4.69) is 15.6 Å². The number of nitrogens with zero attached hydrogens (tertiary/aromatic N) is 1. The summed E-state index contributed by atoms with van der Waals surface area (Å²) in [6.45, 7) is 2.29. The number of carbonyl (C=O) groups is 1. The molecule has 2 aromatic rings. The highest BCUT2D eigenvalue weighted by atomic mass is 19.1. The molecule has 1 amide bonds. The van der Waals surface area contributed by atoms with Gasteiger partial charge in [-0.2, -0.15) is 0 Å². The lowest BCUT2D eigenvalue weighted by atomic mass is 9.67. The van der Waals surface area contributed by atoms with E-state index >= 15 is 0 Å². The molecule has 2 fully saturated rings. The van der Waals surface area contributed by atoms with Crippen molar-refractivity contribution in [2.45, 2.75) is 32.1 Å². The summed E-state index contributed by atoms with van der Waals surface area (Å²) < 4.78 is 18.5. The number of hydrogen-bond donors (Lipinski definition) is 2. The van der Waals surface area contributed by atoms with Crippen LogP contribution in [-0.4, -0.2) is 30.5 Å². The van der Waals surface area contributed by atoms with Crippen molar-refractivity contribution >= 4 is 5.91 Å². The Balaban J connectivity index is 1.33. The molecule has 1 aliphatic heterocycles. The van der Waals surface area contributed by atoms with E-state index in [-0.39, 0.29) is 17.1 Å². The van der Waals surface area contributed by atoms with Gasteiger partial charge < -0.3 is 15.1 Å². The summed E-state index contributed by atoms with van der Waals surface area (Å²) >= 11 is 0. The Morgan fingerprint density at radius 3 is 3.04 bits per heavy atom. The van der Waals surface area contributed by atoms with E-state index in [1.807, 2.05) is 0 Å². The van der Waals surface area contributed by atoms with Gasteiger partial charge in [0.15, 0.2) is 0 Å². The molecule has 6 heteroatoms. The van der Waals surface area contributed by atoms with Crippen LogP contribution >= 0.6 is 0 Å². The lowest BCUT2D eigenvalue weighted by Gasteiger charge is -2.37. The van der Waals surface area contributed by atoms with Gasteiger partial charge in [-0.25, -0.2) is 9.37 Å². The number of aromatic nitrogens is 1. The average Bonchev–Trinajstić information content (AvgIpc) is 3.30. The number of fused-ring (bicyclic) bond motifs is 1. The second kappa shape index (κ2) is 7.19. The normalized spacial score (nSPS) is 25.0. The van der Waals surface area contributed by atoms with E-state index in [9.17, 15) is 9.18 Å². The van der Waals surface area contributed by atoms with Crippen molar-refractivity contribution in [3.8, 4) is 11.5 Å². The Labute approximate surface area is 152 Å². The lowest BCUT2D eigenvalue weighted by Crippen LogP contribution is -2.48. The van der Waals surface area contributed by atoms with Gasteiger partial charge in [0.25, 0.3) is 0 Å². The van der Waals surface area contributed by atoms with Gasteiger partial charge in [-0.3, -0.25) is 4.79 Å². The zero-order valence-electron chi connectivity index (χ0n) is 14.8. The first-order valence-corrected chi connectivity index (χ1v) is 9.37. The Morgan fingerprint density at radius 1 is 1.35 bits per heavy atom. The molecule has 2 aliphatic rings. The first-order chi connectivity index (χ1) is 12.7. The standard InChI is InChI=1S/C20H24FN3O2/c21-16-6-4-14(5-7-16)18-24-17(12-26-18)8-10-23-19(25)20-9-2-1-3-15(20)11-22-13-20/h4-7,12,15,22H,1-3,8-11,13H2,(H,23,25)/t15-,20+/m0/s1. The van der Waals surface area contributed by atoms with Crippen molar-refractivity contribution in [1.29, 1.82) is 0 Å². The van der Waals surface area contributed by atoms with E-state index in [0.717, 1.165) is 43.6 Å². The number of nitrogens with one attached hydrogen (secondary N) is 2. The monoisotopic (exact) mass is 357 g/mol. The largest absolute Gasteiger partial charge is 0.444 e. The van der Waals surface area contributed by atoms with Crippen LogP contribution in [0, 0.1) is 17.2 Å². The third kappa shape index (κ3) is 3.26. The number of benzene rings is 1. The Hall–Kier alpha value is -2.21. The number of halogens is 1. The van der Waals surface area contributed by atoms with Gasteiger partial charge >= 0.3 is 0 Å². The highest BCUT2D eigenvalue weighted by Gasteiger charge is 2.49. The molecule has 2 heterocycles. The fourth-order valence-electron chi connectivity index (χ4n) is 4.32. The highest BCUT2D eigenvalue weighted by molar-refractivity contribution is 5.83. The molecular weight excluding hydrogens is 333 g/mol. The molecule has 4 rings (SSSR count). The van der Waals surface area contributed by atoms with Crippen LogP contribution in [0.4, 0.5) is 4.39 Å². The summed E-state index contributed by atoms with van der Waals surface area (Å²) in [4.78, 5) is 17.3. The van der Waals surface area contributed by atoms with E-state index in [1.54, 1.807) is 18.4 Å². The predicted octanol–water partition coefficient (Wildman–Crippen LogP) is 2.92. The van der Waals surface area contributed by atoms with E-state index in [0.29, 0.717) is 24.8 Å². The molecule has 0 unspecified atom stereocenters. The van der Waals surface area contributed by atoms with E-state index < -0.39 is 0 Å². The van der Waals surface area contributed by atoms with Gasteiger partial charge in [0.2, 0.25) is 11.8 Å². The van der Waals surface area contributed by atoms with Gasteiger partial charge in [0, 0.05) is 25.1 Å². The lowest BCUT2D eigenvalue weighted by molar-refractivity contribution is -0.133. The number of oxazole rings is 1. The van der Waals surface area contributed by atoms with Crippen molar-refractivity contribution < 1.29 is 13.6 Å². The van der Waals surface area contributed by atoms with Crippen molar-refractivity contribution in [3.63, 3.8) is 0 Å². The van der Waals surface area contributed by atoms with Gasteiger partial charge in [-0.1, -0.05) is 12.8 Å². The SMILES string of the molecule is O=C(NCCc1coc(-c2ccc(F)cc2)n1)[C@@]12CCCC[C@H]1CNC2. The summed E-state index contributed by atoms with van der Waals surface area (Å²) in [5, 5.41) is 6.51. The van der Waals surface area contributed by atoms with Crippen LogP contribution in [0.5, 0.6) is 0 Å². The number of hydrogen-bond acceptors (Lipinski definition) is 4. The fourth-order valence-corrected chi connectivity index (χ4v) is 4.32. The molecule has 138 valence electrons. The molecule has 0 spiro atoms. The molecule has 1 saturated carbocycles. The van der Waals surface area contributed by atoms with Crippen LogP contribution in [0.3, 0.4) is 0 Å². The van der Waals surface area contributed by atoms with Crippen LogP contribution in [0.2, 0.25) is 0 Å². The zero-order chi connectivity index (χ0) is 18.0. The molecule has 26 heavy (non-hydrogen) atoms. The molecular formula is C20H24FN3O2. The smallest absolute Gasteiger partial charge is 0.227 e. The molecule has 1 aromatic heterocycles. The van der Waals surface area contributed by atoms with Crippen LogP contribution < -0.4 is 10.6 Å². The molecule has 1 aromatic carbocycles. The molecule has 2 atom stereocenters. The van der Waals surface area contributed by atoms with E-state index in [1.165, 1.54) is 18.6 Å². The summed E-state index contributed by atoms with van der Waals surface area (Å²) in [6, 6.07) is 6.05. The second-order valence-corrected chi connectivity index (χ2v) is 7.39. The fraction of sp³-hybridized carbons (Fsp3) is 0.500. The molecule has 0 bridgehead atoms. The minimum atomic E-state index is -0.287. The molecule has 1 saturated heterocycles. The Kier molecular flexibility index (Phi) is 4.76. The Bertz CT molecular complexity index is 774. The van der Waals surface area contributed by atoms with Crippen LogP contribution in [0.25, 0.3) is 11.5 Å². The molecule has 0 radical (unpaired) electrons. The predicted molar refractivity (Wildman–Crippen MR) is 95.9 cm³/mol. The van der Waals surface area contributed by atoms with Gasteiger partial charge in [-0.15, -0.1) is 0 Å². The maximum Gasteiger partial charge on any atom is 0.227 e. The van der Waals surface area contributed by atoms with Gasteiger partial charge in [0.1, 0.15) is 12.1 Å². The van der Waals surface area contributed by atoms with Crippen LogP contribution in [0.15, 0.2) is 34.9 Å². The quantitative estimate of drug-likeness (QED) is 0.863. The summed E-state index contributed by atoms with van der Waals surface area (Å²) in [5.74, 6) is 0.824. The summed E-state index contributed by atoms with van der Waals surface area (Å²) in [6.07, 6.45) is 6.70. The van der Waals surface area contributed by atoms with Gasteiger partial charge in [-0.05, 0) is 49.6 Å². The van der Waals surface area contributed by atoms with Crippen molar-refractivity contribution in [2.75, 3.05) is 19.6 Å². The molecule has 2 N–H and O–H groups in total. The summed E-state index contributed by atoms with van der Waals surface area (Å²) in [5.41, 5.74) is 1.30. The molecule has 5 nitrogen and oxygen atoms in total. The van der Waals surface area contributed by atoms with E-state index in [4.69, 9.17) is 4.42 Å². The maximum atomic E-state index is 13.0. The third-order valence-electron chi connectivity index (χ3n) is 5.80. The second-order valence-electron chi connectivity index (χ2n) is 7.39. The van der Waals surface area contributed by atoms with Crippen LogP contribution in [0.1, 0.15) is 31.4 Å². The highest BCUT2D eigenvalue weighted by Crippen LogP contribution is 2.43. The third-order valence-corrected chi connectivity index (χ3v) is 5.80.